The van der Waals surface area contributed by atoms with Crippen LogP contribution in [0, 0.1) is 6.92 Å². The summed E-state index contributed by atoms with van der Waals surface area (Å²) in [6.07, 6.45) is 0.510. The van der Waals surface area contributed by atoms with Crippen LogP contribution in [0.5, 0.6) is 5.75 Å². The van der Waals surface area contributed by atoms with Crippen LogP contribution in [0.3, 0.4) is 0 Å². The summed E-state index contributed by atoms with van der Waals surface area (Å²) in [5, 5.41) is 2.97. The molecule has 0 fully saturated rings. The lowest BCUT2D eigenvalue weighted by atomic mass is 10.1. The number of hydrogen-bond acceptors (Lipinski definition) is 6. The minimum absolute atomic E-state index is 0.0203. The van der Waals surface area contributed by atoms with E-state index in [4.69, 9.17) is 9.47 Å². The number of carbonyl (C=O) groups excluding carboxylic acids is 4. The van der Waals surface area contributed by atoms with Crippen molar-refractivity contribution in [3.63, 3.8) is 0 Å². The molecule has 1 aliphatic rings. The van der Waals surface area contributed by atoms with Crippen LogP contribution >= 0.6 is 0 Å². The highest BCUT2D eigenvalue weighted by Crippen LogP contribution is 2.34. The van der Waals surface area contributed by atoms with Crippen molar-refractivity contribution >= 4 is 29.3 Å². The summed E-state index contributed by atoms with van der Waals surface area (Å²) in [6.45, 7) is 7.03. The third-order valence-corrected chi connectivity index (χ3v) is 6.10. The summed E-state index contributed by atoms with van der Waals surface area (Å²) in [6, 6.07) is 7.01. The van der Waals surface area contributed by atoms with E-state index in [2.05, 4.69) is 10.3 Å². The molecule has 0 aliphatic carbocycles. The van der Waals surface area contributed by atoms with Crippen LogP contribution in [-0.2, 0) is 20.7 Å². The zero-order valence-corrected chi connectivity index (χ0v) is 20.2. The van der Waals surface area contributed by atoms with Crippen LogP contribution in [0.25, 0.3) is 0 Å². The van der Waals surface area contributed by atoms with Gasteiger partial charge in [0.2, 0.25) is 5.91 Å². The number of hydrogen-bond donors (Lipinski definition) is 2. The Morgan fingerprint density at radius 3 is 2.50 bits per heavy atom. The van der Waals surface area contributed by atoms with Crippen molar-refractivity contribution in [3.8, 4) is 5.75 Å². The number of amides is 2. The smallest absolute Gasteiger partial charge is 0.339 e. The molecule has 0 saturated carbocycles. The first kappa shape index (κ1) is 25.0. The van der Waals surface area contributed by atoms with Crippen molar-refractivity contribution in [1.29, 1.82) is 0 Å². The van der Waals surface area contributed by atoms with Crippen molar-refractivity contribution in [3.05, 3.63) is 46.8 Å². The predicted molar refractivity (Wildman–Crippen MR) is 126 cm³/mol. The van der Waals surface area contributed by atoms with Gasteiger partial charge in [0.15, 0.2) is 11.9 Å². The quantitative estimate of drug-likeness (QED) is 0.453. The molecule has 1 aromatic carbocycles. The Morgan fingerprint density at radius 1 is 1.21 bits per heavy atom. The molecule has 1 aromatic heterocycles. The second-order valence-corrected chi connectivity index (χ2v) is 8.30. The topological polar surface area (TPSA) is 118 Å². The third-order valence-electron chi connectivity index (χ3n) is 6.10. The van der Waals surface area contributed by atoms with Crippen molar-refractivity contribution < 1.29 is 28.7 Å². The molecule has 0 radical (unpaired) electrons. The number of H-pyrrole nitrogens is 1. The minimum Gasteiger partial charge on any atom is -0.477 e. The number of para-hydroxylation sites is 2. The van der Waals surface area contributed by atoms with E-state index in [9.17, 15) is 19.2 Å². The summed E-state index contributed by atoms with van der Waals surface area (Å²) in [7, 11) is 1.25. The Bertz CT molecular complexity index is 1100. The summed E-state index contributed by atoms with van der Waals surface area (Å²) in [5.41, 5.74) is 1.70. The maximum atomic E-state index is 13.5. The molecule has 2 N–H and O–H groups in total. The van der Waals surface area contributed by atoms with E-state index >= 15 is 0 Å². The number of aromatic amines is 1. The van der Waals surface area contributed by atoms with Crippen molar-refractivity contribution in [2.24, 2.45) is 0 Å². The summed E-state index contributed by atoms with van der Waals surface area (Å²) < 4.78 is 10.8. The number of Topliss-reactive ketones (excluding diaryl/α,β-unsaturated/α-hetero) is 1. The second kappa shape index (κ2) is 10.5. The molecule has 0 bridgehead atoms. The summed E-state index contributed by atoms with van der Waals surface area (Å²) in [5.74, 6) is -1.10. The molecule has 2 amide bonds. The fourth-order valence-corrected chi connectivity index (χ4v) is 4.16. The Balaban J connectivity index is 1.92. The molecule has 1 atom stereocenters. The number of nitrogens with zero attached hydrogens (tertiary/aromatic N) is 1. The molecule has 1 unspecified atom stereocenters. The van der Waals surface area contributed by atoms with Crippen LogP contribution in [0.15, 0.2) is 24.3 Å². The van der Waals surface area contributed by atoms with E-state index in [0.29, 0.717) is 22.7 Å². The molecule has 9 nitrogen and oxygen atoms in total. The molecule has 2 heterocycles. The Morgan fingerprint density at radius 2 is 1.88 bits per heavy atom. The number of nitrogens with one attached hydrogen (secondary N) is 2. The largest absolute Gasteiger partial charge is 0.477 e. The van der Waals surface area contributed by atoms with Gasteiger partial charge in [-0.05, 0) is 37.5 Å². The average molecular weight is 470 g/mol. The van der Waals surface area contributed by atoms with Gasteiger partial charge in [-0.2, -0.15) is 0 Å². The van der Waals surface area contributed by atoms with Crippen molar-refractivity contribution in [2.75, 3.05) is 18.6 Å². The van der Waals surface area contributed by atoms with E-state index in [-0.39, 0.29) is 47.9 Å². The fraction of sp³-hybridized carbons (Fsp3) is 0.440. The number of fused-ring (bicyclic) bond motifs is 1. The number of aromatic nitrogens is 1. The maximum absolute atomic E-state index is 13.5. The SMILES string of the molecule is CCC(CC)NC(=O)C1CN(C(=O)Cc2[nH]c(C(C)=O)c(C)c2C(=O)OC)c2ccccc2O1. The van der Waals surface area contributed by atoms with Gasteiger partial charge in [0.1, 0.15) is 5.75 Å². The molecule has 3 rings (SSSR count). The van der Waals surface area contributed by atoms with Crippen LogP contribution in [0.1, 0.15) is 65.7 Å². The summed E-state index contributed by atoms with van der Waals surface area (Å²) >= 11 is 0. The highest BCUT2D eigenvalue weighted by Gasteiger charge is 2.35. The van der Waals surface area contributed by atoms with Crippen molar-refractivity contribution in [2.45, 2.75) is 59.1 Å². The monoisotopic (exact) mass is 469 g/mol. The number of carbonyl (C=O) groups is 4. The molecule has 34 heavy (non-hydrogen) atoms. The van der Waals surface area contributed by atoms with Gasteiger partial charge in [0, 0.05) is 18.7 Å². The van der Waals surface area contributed by atoms with Gasteiger partial charge in [0.25, 0.3) is 5.91 Å². The van der Waals surface area contributed by atoms with E-state index < -0.39 is 12.1 Å². The number of ether oxygens (including phenoxy) is 2. The van der Waals surface area contributed by atoms with Gasteiger partial charge in [-0.1, -0.05) is 26.0 Å². The lowest BCUT2D eigenvalue weighted by molar-refractivity contribution is -0.129. The zero-order valence-electron chi connectivity index (χ0n) is 20.2. The highest BCUT2D eigenvalue weighted by molar-refractivity contribution is 6.03. The van der Waals surface area contributed by atoms with E-state index in [1.54, 1.807) is 31.2 Å². The van der Waals surface area contributed by atoms with E-state index in [1.807, 2.05) is 13.8 Å². The molecular weight excluding hydrogens is 438 g/mol. The highest BCUT2D eigenvalue weighted by atomic mass is 16.5. The standard InChI is InChI=1S/C25H31N3O6/c1-6-16(7-2)26-24(31)20-13-28(18-10-8-9-11-19(18)34-20)21(30)12-17-22(25(32)33-5)14(3)23(27-17)15(4)29/h8-11,16,20,27H,6-7,12-13H2,1-5H3,(H,26,31). The number of methoxy groups -OCH3 is 1. The molecular formula is C25H31N3O6. The first-order chi connectivity index (χ1) is 16.2. The van der Waals surface area contributed by atoms with Gasteiger partial charge in [-0.25, -0.2) is 4.79 Å². The normalized spacial score (nSPS) is 14.9. The average Bonchev–Trinajstić information content (AvgIpc) is 3.16. The van der Waals surface area contributed by atoms with E-state index in [1.165, 1.54) is 18.9 Å². The van der Waals surface area contributed by atoms with Gasteiger partial charge in [-0.3, -0.25) is 14.4 Å². The molecule has 182 valence electrons. The first-order valence-corrected chi connectivity index (χ1v) is 11.4. The molecule has 0 saturated heterocycles. The Kier molecular flexibility index (Phi) is 7.75. The minimum atomic E-state index is -0.877. The number of rotatable bonds is 8. The molecule has 1 aliphatic heterocycles. The lowest BCUT2D eigenvalue weighted by Crippen LogP contribution is -2.52. The van der Waals surface area contributed by atoms with Crippen LogP contribution < -0.4 is 15.0 Å². The van der Waals surface area contributed by atoms with Gasteiger partial charge < -0.3 is 24.7 Å². The number of anilines is 1. The maximum Gasteiger partial charge on any atom is 0.339 e. The molecule has 9 heteroatoms. The number of ketones is 1. The predicted octanol–water partition coefficient (Wildman–Crippen LogP) is 2.95. The van der Waals surface area contributed by atoms with Gasteiger partial charge >= 0.3 is 5.97 Å². The molecule has 0 spiro atoms. The van der Waals surface area contributed by atoms with E-state index in [0.717, 1.165) is 12.8 Å². The lowest BCUT2D eigenvalue weighted by Gasteiger charge is -2.34. The van der Waals surface area contributed by atoms with Gasteiger partial charge in [-0.15, -0.1) is 0 Å². The van der Waals surface area contributed by atoms with Crippen LogP contribution in [-0.4, -0.2) is 54.4 Å². The Hall–Kier alpha value is -3.62. The summed E-state index contributed by atoms with van der Waals surface area (Å²) in [4.78, 5) is 55.2. The number of benzene rings is 1. The van der Waals surface area contributed by atoms with Crippen molar-refractivity contribution in [1.82, 2.24) is 10.3 Å². The van der Waals surface area contributed by atoms with Gasteiger partial charge in [0.05, 0.1) is 37.0 Å². The van der Waals surface area contributed by atoms with Crippen LogP contribution in [0.2, 0.25) is 0 Å². The zero-order chi connectivity index (χ0) is 25.0. The number of esters is 1. The second-order valence-electron chi connectivity index (χ2n) is 8.30. The third kappa shape index (κ3) is 4.98. The molecule has 2 aromatic rings. The van der Waals surface area contributed by atoms with Crippen LogP contribution in [0.4, 0.5) is 5.69 Å². The Labute approximate surface area is 198 Å². The fourth-order valence-electron chi connectivity index (χ4n) is 4.16. The first-order valence-electron chi connectivity index (χ1n) is 11.4.